The van der Waals surface area contributed by atoms with Crippen LogP contribution in [0.2, 0.25) is 0 Å². The van der Waals surface area contributed by atoms with Crippen LogP contribution in [0.4, 0.5) is 0 Å². The summed E-state index contributed by atoms with van der Waals surface area (Å²) < 4.78 is 0. The highest BCUT2D eigenvalue weighted by Crippen LogP contribution is 2.19. The van der Waals surface area contributed by atoms with Crippen molar-refractivity contribution in [2.75, 3.05) is 0 Å². The van der Waals surface area contributed by atoms with Gasteiger partial charge in [-0.1, -0.05) is 31.2 Å². The minimum absolute atomic E-state index is 0.987. The molecule has 1 nitrogen and oxygen atoms in total. The molecule has 0 unspecified atom stereocenters. The summed E-state index contributed by atoms with van der Waals surface area (Å²) in [7, 11) is 0. The second-order valence-corrected chi connectivity index (χ2v) is 2.86. The Morgan fingerprint density at radius 2 is 2.08 bits per heavy atom. The smallest absolute Gasteiger partial charge is 0.00237 e. The lowest BCUT2D eigenvalue weighted by atomic mass is 10.00. The number of hydrogen-bond acceptors (Lipinski definition) is 1. The maximum atomic E-state index is 5.52. The standard InChI is InChI=1S/C11H15N/c1-3-10(8-12)11-7-5-4-6-9(11)2/h4-8H,3,12H2,1-2H3/b10-8-. The lowest BCUT2D eigenvalue weighted by Crippen LogP contribution is -1.91. The molecule has 0 aromatic heterocycles. The van der Waals surface area contributed by atoms with E-state index in [2.05, 4.69) is 26.0 Å². The number of allylic oxidation sites excluding steroid dienone is 1. The van der Waals surface area contributed by atoms with Gasteiger partial charge in [0.2, 0.25) is 0 Å². The van der Waals surface area contributed by atoms with Crippen LogP contribution in [-0.2, 0) is 0 Å². The molecule has 2 N–H and O–H groups in total. The summed E-state index contributed by atoms with van der Waals surface area (Å²) >= 11 is 0. The van der Waals surface area contributed by atoms with Gasteiger partial charge in [-0.3, -0.25) is 0 Å². The van der Waals surface area contributed by atoms with Gasteiger partial charge < -0.3 is 5.73 Å². The second-order valence-electron chi connectivity index (χ2n) is 2.86. The molecule has 0 fully saturated rings. The van der Waals surface area contributed by atoms with Crippen molar-refractivity contribution < 1.29 is 0 Å². The van der Waals surface area contributed by atoms with E-state index in [0.717, 1.165) is 6.42 Å². The Balaban J connectivity index is 3.10. The zero-order chi connectivity index (χ0) is 8.97. The summed E-state index contributed by atoms with van der Waals surface area (Å²) in [6.45, 7) is 4.22. The topological polar surface area (TPSA) is 26.0 Å². The van der Waals surface area contributed by atoms with E-state index >= 15 is 0 Å². The second kappa shape index (κ2) is 3.96. The Morgan fingerprint density at radius 3 is 2.58 bits per heavy atom. The number of nitrogens with two attached hydrogens (primary N) is 1. The van der Waals surface area contributed by atoms with Gasteiger partial charge in [0.1, 0.15) is 0 Å². The lowest BCUT2D eigenvalue weighted by Gasteiger charge is -2.06. The molecular formula is C11H15N. The first-order chi connectivity index (χ1) is 5.79. The molecule has 0 aliphatic carbocycles. The zero-order valence-corrected chi connectivity index (χ0v) is 7.67. The number of hydrogen-bond donors (Lipinski definition) is 1. The molecule has 0 amide bonds. The molecule has 0 aliphatic heterocycles. The van der Waals surface area contributed by atoms with Crippen LogP contribution in [0.5, 0.6) is 0 Å². The van der Waals surface area contributed by atoms with Crippen LogP contribution in [0, 0.1) is 6.92 Å². The molecule has 0 saturated carbocycles. The Kier molecular flexibility index (Phi) is 2.92. The number of rotatable bonds is 2. The molecule has 12 heavy (non-hydrogen) atoms. The van der Waals surface area contributed by atoms with Gasteiger partial charge in [0.25, 0.3) is 0 Å². The zero-order valence-electron chi connectivity index (χ0n) is 7.67. The van der Waals surface area contributed by atoms with Crippen molar-refractivity contribution in [3.8, 4) is 0 Å². The molecule has 64 valence electrons. The maximum absolute atomic E-state index is 5.52. The average molecular weight is 161 g/mol. The van der Waals surface area contributed by atoms with Crippen LogP contribution in [0.15, 0.2) is 30.5 Å². The Morgan fingerprint density at radius 1 is 1.42 bits per heavy atom. The average Bonchev–Trinajstić information content (AvgIpc) is 2.10. The van der Waals surface area contributed by atoms with E-state index in [1.165, 1.54) is 16.7 Å². The normalized spacial score (nSPS) is 11.7. The molecule has 0 atom stereocenters. The summed E-state index contributed by atoms with van der Waals surface area (Å²) in [5.41, 5.74) is 9.29. The number of aryl methyl sites for hydroxylation is 1. The highest BCUT2D eigenvalue weighted by molar-refractivity contribution is 5.67. The Bertz CT molecular complexity index is 287. The van der Waals surface area contributed by atoms with Crippen molar-refractivity contribution in [3.63, 3.8) is 0 Å². The van der Waals surface area contributed by atoms with Crippen molar-refractivity contribution in [1.29, 1.82) is 0 Å². The van der Waals surface area contributed by atoms with E-state index in [4.69, 9.17) is 5.73 Å². The first-order valence-corrected chi connectivity index (χ1v) is 4.26. The monoisotopic (exact) mass is 161 g/mol. The third-order valence-electron chi connectivity index (χ3n) is 2.07. The first kappa shape index (κ1) is 8.85. The molecule has 1 aromatic carbocycles. The Hall–Kier alpha value is -1.24. The van der Waals surface area contributed by atoms with Crippen molar-refractivity contribution >= 4 is 5.57 Å². The van der Waals surface area contributed by atoms with E-state index in [0.29, 0.717) is 0 Å². The summed E-state index contributed by atoms with van der Waals surface area (Å²) in [5.74, 6) is 0. The molecule has 0 heterocycles. The molecule has 0 saturated heterocycles. The van der Waals surface area contributed by atoms with Crippen molar-refractivity contribution in [2.45, 2.75) is 20.3 Å². The van der Waals surface area contributed by atoms with Crippen LogP contribution >= 0.6 is 0 Å². The van der Waals surface area contributed by atoms with Crippen molar-refractivity contribution in [1.82, 2.24) is 0 Å². The SMILES string of the molecule is CC/C(=C/N)c1ccccc1C. The molecular weight excluding hydrogens is 146 g/mol. The molecule has 1 aromatic rings. The van der Waals surface area contributed by atoms with E-state index < -0.39 is 0 Å². The van der Waals surface area contributed by atoms with Gasteiger partial charge in [-0.25, -0.2) is 0 Å². The van der Waals surface area contributed by atoms with Gasteiger partial charge in [0, 0.05) is 0 Å². The van der Waals surface area contributed by atoms with Crippen LogP contribution in [-0.4, -0.2) is 0 Å². The van der Waals surface area contributed by atoms with Crippen LogP contribution in [0.3, 0.4) is 0 Å². The minimum Gasteiger partial charge on any atom is -0.404 e. The van der Waals surface area contributed by atoms with E-state index in [-0.39, 0.29) is 0 Å². The van der Waals surface area contributed by atoms with Crippen molar-refractivity contribution in [2.24, 2.45) is 5.73 Å². The summed E-state index contributed by atoms with van der Waals surface area (Å²) in [4.78, 5) is 0. The molecule has 0 bridgehead atoms. The van der Waals surface area contributed by atoms with Gasteiger partial charge in [-0.2, -0.15) is 0 Å². The minimum atomic E-state index is 0.987. The fraction of sp³-hybridized carbons (Fsp3) is 0.273. The third-order valence-corrected chi connectivity index (χ3v) is 2.07. The van der Waals surface area contributed by atoms with Gasteiger partial charge in [0.15, 0.2) is 0 Å². The van der Waals surface area contributed by atoms with E-state index in [1.807, 2.05) is 12.1 Å². The van der Waals surface area contributed by atoms with Crippen LogP contribution in [0.1, 0.15) is 24.5 Å². The van der Waals surface area contributed by atoms with Crippen LogP contribution < -0.4 is 5.73 Å². The summed E-state index contributed by atoms with van der Waals surface area (Å²) in [5, 5.41) is 0. The van der Waals surface area contributed by atoms with Gasteiger partial charge in [0.05, 0.1) is 0 Å². The largest absolute Gasteiger partial charge is 0.404 e. The molecule has 0 spiro atoms. The summed E-state index contributed by atoms with van der Waals surface area (Å²) in [6, 6.07) is 8.30. The van der Waals surface area contributed by atoms with Crippen LogP contribution in [0.25, 0.3) is 5.57 Å². The highest BCUT2D eigenvalue weighted by atomic mass is 14.5. The fourth-order valence-electron chi connectivity index (χ4n) is 1.33. The molecule has 1 rings (SSSR count). The maximum Gasteiger partial charge on any atom is -0.00237 e. The predicted molar refractivity (Wildman–Crippen MR) is 53.6 cm³/mol. The predicted octanol–water partition coefficient (Wildman–Crippen LogP) is 2.70. The lowest BCUT2D eigenvalue weighted by molar-refractivity contribution is 1.21. The number of benzene rings is 1. The quantitative estimate of drug-likeness (QED) is 0.709. The third kappa shape index (κ3) is 1.67. The summed E-state index contributed by atoms with van der Waals surface area (Å²) in [6.07, 6.45) is 2.68. The van der Waals surface area contributed by atoms with Gasteiger partial charge in [-0.05, 0) is 36.2 Å². The Labute approximate surface area is 73.9 Å². The van der Waals surface area contributed by atoms with Gasteiger partial charge in [-0.15, -0.1) is 0 Å². The molecule has 0 radical (unpaired) electrons. The van der Waals surface area contributed by atoms with E-state index in [1.54, 1.807) is 6.20 Å². The van der Waals surface area contributed by atoms with Gasteiger partial charge >= 0.3 is 0 Å². The van der Waals surface area contributed by atoms with Crippen molar-refractivity contribution in [3.05, 3.63) is 41.6 Å². The van der Waals surface area contributed by atoms with E-state index in [9.17, 15) is 0 Å². The first-order valence-electron chi connectivity index (χ1n) is 4.26. The molecule has 0 aliphatic rings. The molecule has 1 heteroatoms. The fourth-order valence-corrected chi connectivity index (χ4v) is 1.33. The highest BCUT2D eigenvalue weighted by Gasteiger charge is 2.00.